The normalized spacial score (nSPS) is 17.6. The Balaban J connectivity index is 2.06. The van der Waals surface area contributed by atoms with E-state index in [1.807, 2.05) is 6.07 Å². The Hall–Kier alpha value is -1.02. The minimum absolute atomic E-state index is 0.351. The Labute approximate surface area is 111 Å². The van der Waals surface area contributed by atoms with Crippen molar-refractivity contribution in [3.05, 3.63) is 29.8 Å². The smallest absolute Gasteiger partial charge is 0.119 e. The van der Waals surface area contributed by atoms with Gasteiger partial charge in [-0.25, -0.2) is 0 Å². The van der Waals surface area contributed by atoms with Crippen molar-refractivity contribution >= 4 is 0 Å². The molecule has 1 aromatic rings. The van der Waals surface area contributed by atoms with Crippen LogP contribution < -0.4 is 10.1 Å². The lowest BCUT2D eigenvalue weighted by Crippen LogP contribution is -2.44. The first-order valence-corrected chi connectivity index (χ1v) is 7.01. The Bertz CT molecular complexity index is 382. The first-order chi connectivity index (χ1) is 8.66. The maximum Gasteiger partial charge on any atom is 0.119 e. The summed E-state index contributed by atoms with van der Waals surface area (Å²) in [5.74, 6) is 1.69. The molecule has 0 saturated heterocycles. The van der Waals surface area contributed by atoms with Gasteiger partial charge in [-0.05, 0) is 43.0 Å². The lowest BCUT2D eigenvalue weighted by Gasteiger charge is -2.43. The third-order valence-corrected chi connectivity index (χ3v) is 4.01. The second-order valence-electron chi connectivity index (χ2n) is 5.89. The van der Waals surface area contributed by atoms with Crippen molar-refractivity contribution in [2.45, 2.75) is 38.5 Å². The van der Waals surface area contributed by atoms with Crippen LogP contribution in [-0.4, -0.2) is 20.2 Å². The van der Waals surface area contributed by atoms with Crippen molar-refractivity contribution in [2.75, 3.05) is 20.2 Å². The van der Waals surface area contributed by atoms with Crippen LogP contribution in [0.4, 0.5) is 0 Å². The van der Waals surface area contributed by atoms with E-state index in [2.05, 4.69) is 37.4 Å². The van der Waals surface area contributed by atoms with Gasteiger partial charge in [-0.2, -0.15) is 0 Å². The Morgan fingerprint density at radius 3 is 2.67 bits per heavy atom. The monoisotopic (exact) mass is 247 g/mol. The van der Waals surface area contributed by atoms with E-state index in [4.69, 9.17) is 4.74 Å². The maximum atomic E-state index is 5.34. The Morgan fingerprint density at radius 2 is 2.11 bits per heavy atom. The summed E-state index contributed by atoms with van der Waals surface area (Å²) in [6.07, 6.45) is 3.94. The summed E-state index contributed by atoms with van der Waals surface area (Å²) in [6.45, 7) is 6.71. The molecule has 0 atom stereocenters. The summed E-state index contributed by atoms with van der Waals surface area (Å²) in [7, 11) is 1.74. The number of hydrogen-bond acceptors (Lipinski definition) is 2. The first-order valence-electron chi connectivity index (χ1n) is 7.01. The molecule has 2 nitrogen and oxygen atoms in total. The highest BCUT2D eigenvalue weighted by Crippen LogP contribution is 2.44. The third-order valence-electron chi connectivity index (χ3n) is 4.01. The van der Waals surface area contributed by atoms with Crippen molar-refractivity contribution in [3.63, 3.8) is 0 Å². The molecule has 1 aliphatic rings. The summed E-state index contributed by atoms with van der Waals surface area (Å²) in [6, 6.07) is 8.59. The highest BCUT2D eigenvalue weighted by molar-refractivity contribution is 5.35. The minimum atomic E-state index is 0.351. The molecule has 1 fully saturated rings. The van der Waals surface area contributed by atoms with Crippen molar-refractivity contribution < 1.29 is 4.74 Å². The standard InChI is InChI=1S/C16H25NO/c1-13(2)11-17-12-16(8-5-9-16)14-6-4-7-15(10-14)18-3/h4,6-7,10,13,17H,5,8-9,11-12H2,1-3H3. The minimum Gasteiger partial charge on any atom is -0.497 e. The lowest BCUT2D eigenvalue weighted by atomic mass is 9.64. The number of benzene rings is 1. The summed E-state index contributed by atoms with van der Waals surface area (Å²) < 4.78 is 5.34. The van der Waals surface area contributed by atoms with E-state index >= 15 is 0 Å². The van der Waals surface area contributed by atoms with Gasteiger partial charge in [0, 0.05) is 12.0 Å². The molecule has 0 aromatic heterocycles. The van der Waals surface area contributed by atoms with Gasteiger partial charge in [0.25, 0.3) is 0 Å². The molecule has 1 aromatic carbocycles. The quantitative estimate of drug-likeness (QED) is 0.832. The summed E-state index contributed by atoms with van der Waals surface area (Å²) in [4.78, 5) is 0. The van der Waals surface area contributed by atoms with E-state index in [-0.39, 0.29) is 0 Å². The number of nitrogens with one attached hydrogen (secondary N) is 1. The zero-order valence-corrected chi connectivity index (χ0v) is 11.8. The molecule has 0 aliphatic heterocycles. The van der Waals surface area contributed by atoms with E-state index in [0.717, 1.165) is 18.8 Å². The molecule has 2 rings (SSSR count). The Morgan fingerprint density at radius 1 is 1.33 bits per heavy atom. The average Bonchev–Trinajstić information content (AvgIpc) is 2.32. The molecule has 2 heteroatoms. The first kappa shape index (κ1) is 13.4. The van der Waals surface area contributed by atoms with Gasteiger partial charge in [-0.3, -0.25) is 0 Å². The molecule has 18 heavy (non-hydrogen) atoms. The number of hydrogen-bond donors (Lipinski definition) is 1. The van der Waals surface area contributed by atoms with E-state index in [9.17, 15) is 0 Å². The predicted octanol–water partition coefficient (Wildman–Crippen LogP) is 3.36. The summed E-state index contributed by atoms with van der Waals surface area (Å²) in [5, 5.41) is 3.62. The van der Waals surface area contributed by atoms with Gasteiger partial charge in [0.05, 0.1) is 7.11 Å². The van der Waals surface area contributed by atoms with Crippen LogP contribution in [0.15, 0.2) is 24.3 Å². The van der Waals surface area contributed by atoms with E-state index in [1.54, 1.807) is 7.11 Å². The second kappa shape index (κ2) is 5.75. The molecular weight excluding hydrogens is 222 g/mol. The highest BCUT2D eigenvalue weighted by atomic mass is 16.5. The van der Waals surface area contributed by atoms with Crippen molar-refractivity contribution in [1.82, 2.24) is 5.32 Å². The third kappa shape index (κ3) is 2.86. The molecular formula is C16H25NO. The summed E-state index contributed by atoms with van der Waals surface area (Å²) >= 11 is 0. The molecule has 0 unspecified atom stereocenters. The molecule has 0 amide bonds. The van der Waals surface area contributed by atoms with Crippen LogP contribution in [0.5, 0.6) is 5.75 Å². The zero-order chi connectivity index (χ0) is 13.0. The maximum absolute atomic E-state index is 5.34. The molecule has 0 heterocycles. The molecule has 1 saturated carbocycles. The van der Waals surface area contributed by atoms with Gasteiger partial charge in [0.1, 0.15) is 5.75 Å². The van der Waals surface area contributed by atoms with Crippen LogP contribution >= 0.6 is 0 Å². The zero-order valence-electron chi connectivity index (χ0n) is 11.8. The number of methoxy groups -OCH3 is 1. The molecule has 0 radical (unpaired) electrons. The van der Waals surface area contributed by atoms with Crippen LogP contribution in [0, 0.1) is 5.92 Å². The predicted molar refractivity (Wildman–Crippen MR) is 76.2 cm³/mol. The fraction of sp³-hybridized carbons (Fsp3) is 0.625. The van der Waals surface area contributed by atoms with Crippen LogP contribution in [0.3, 0.4) is 0 Å². The summed E-state index contributed by atoms with van der Waals surface area (Å²) in [5.41, 5.74) is 1.79. The van der Waals surface area contributed by atoms with Crippen LogP contribution in [-0.2, 0) is 5.41 Å². The largest absolute Gasteiger partial charge is 0.497 e. The fourth-order valence-corrected chi connectivity index (χ4v) is 2.72. The van der Waals surface area contributed by atoms with Gasteiger partial charge < -0.3 is 10.1 Å². The molecule has 1 aliphatic carbocycles. The number of ether oxygens (including phenoxy) is 1. The van der Waals surface area contributed by atoms with Crippen molar-refractivity contribution in [2.24, 2.45) is 5.92 Å². The van der Waals surface area contributed by atoms with Gasteiger partial charge in [-0.15, -0.1) is 0 Å². The van der Waals surface area contributed by atoms with Crippen LogP contribution in [0.2, 0.25) is 0 Å². The van der Waals surface area contributed by atoms with Crippen LogP contribution in [0.1, 0.15) is 38.7 Å². The number of rotatable bonds is 6. The van der Waals surface area contributed by atoms with Gasteiger partial charge in [0.15, 0.2) is 0 Å². The average molecular weight is 247 g/mol. The Kier molecular flexibility index (Phi) is 4.28. The molecule has 0 spiro atoms. The van der Waals surface area contributed by atoms with Crippen LogP contribution in [0.25, 0.3) is 0 Å². The van der Waals surface area contributed by atoms with E-state index in [0.29, 0.717) is 11.3 Å². The lowest BCUT2D eigenvalue weighted by molar-refractivity contribution is 0.230. The molecule has 0 bridgehead atoms. The fourth-order valence-electron chi connectivity index (χ4n) is 2.72. The molecule has 100 valence electrons. The van der Waals surface area contributed by atoms with E-state index in [1.165, 1.54) is 24.8 Å². The highest BCUT2D eigenvalue weighted by Gasteiger charge is 2.38. The second-order valence-corrected chi connectivity index (χ2v) is 5.89. The van der Waals surface area contributed by atoms with E-state index < -0.39 is 0 Å². The van der Waals surface area contributed by atoms with Crippen molar-refractivity contribution in [3.8, 4) is 5.75 Å². The molecule has 1 N–H and O–H groups in total. The van der Waals surface area contributed by atoms with Crippen molar-refractivity contribution in [1.29, 1.82) is 0 Å². The van der Waals surface area contributed by atoms with Gasteiger partial charge in [0.2, 0.25) is 0 Å². The SMILES string of the molecule is COc1cccc(C2(CNCC(C)C)CCC2)c1. The van der Waals surface area contributed by atoms with Gasteiger partial charge >= 0.3 is 0 Å². The topological polar surface area (TPSA) is 21.3 Å². The van der Waals surface area contributed by atoms with Gasteiger partial charge in [-0.1, -0.05) is 32.4 Å².